The molecule has 0 aliphatic carbocycles. The Morgan fingerprint density at radius 3 is 2.53 bits per heavy atom. The van der Waals surface area contributed by atoms with Crippen molar-refractivity contribution >= 4 is 12.4 Å². The standard InChI is InChI=1S/C24H17F3O3/c25-24(26,27)22-9-6-16(11-21(22)18-4-2-1-3-5-18)14-29-20-8-7-19-10-17(13-28)15-30-23(19)12-20/h1-13H,14-15H2. The maximum Gasteiger partial charge on any atom is 0.417 e. The molecule has 0 aromatic heterocycles. The van der Waals surface area contributed by atoms with Crippen LogP contribution in [0.25, 0.3) is 17.2 Å². The molecule has 0 unspecified atom stereocenters. The minimum absolute atomic E-state index is 0.103. The Bertz CT molecular complexity index is 1100. The molecular weight excluding hydrogens is 393 g/mol. The minimum atomic E-state index is -4.45. The van der Waals surface area contributed by atoms with Gasteiger partial charge in [0, 0.05) is 17.2 Å². The fraction of sp³-hybridized carbons (Fsp3) is 0.125. The fourth-order valence-electron chi connectivity index (χ4n) is 3.27. The van der Waals surface area contributed by atoms with Crippen LogP contribution >= 0.6 is 0 Å². The first kappa shape index (κ1) is 19.8. The first-order valence-corrected chi connectivity index (χ1v) is 9.25. The van der Waals surface area contributed by atoms with Crippen LogP contribution in [0.1, 0.15) is 16.7 Å². The van der Waals surface area contributed by atoms with Gasteiger partial charge in [-0.05, 0) is 47.0 Å². The van der Waals surface area contributed by atoms with Gasteiger partial charge in [-0.15, -0.1) is 0 Å². The number of ether oxygens (including phenoxy) is 2. The van der Waals surface area contributed by atoms with Gasteiger partial charge in [-0.3, -0.25) is 4.79 Å². The second-order valence-electron chi connectivity index (χ2n) is 6.86. The molecule has 4 rings (SSSR count). The lowest BCUT2D eigenvalue weighted by Crippen LogP contribution is -2.09. The second-order valence-corrected chi connectivity index (χ2v) is 6.86. The van der Waals surface area contributed by atoms with Gasteiger partial charge in [0.1, 0.15) is 31.0 Å². The highest BCUT2D eigenvalue weighted by Gasteiger charge is 2.33. The third kappa shape index (κ3) is 4.22. The zero-order valence-electron chi connectivity index (χ0n) is 15.8. The first-order valence-electron chi connectivity index (χ1n) is 9.25. The van der Waals surface area contributed by atoms with Crippen LogP contribution in [0.4, 0.5) is 13.2 Å². The summed E-state index contributed by atoms with van der Waals surface area (Å²) in [7, 11) is 0. The summed E-state index contributed by atoms with van der Waals surface area (Å²) in [5.74, 6) is 1.12. The number of rotatable bonds is 5. The second kappa shape index (κ2) is 8.06. The van der Waals surface area contributed by atoms with Crippen molar-refractivity contribution in [2.75, 3.05) is 6.61 Å². The first-order chi connectivity index (χ1) is 14.4. The summed E-state index contributed by atoms with van der Waals surface area (Å²) in [6.07, 6.45) is -1.95. The zero-order valence-corrected chi connectivity index (χ0v) is 15.8. The summed E-state index contributed by atoms with van der Waals surface area (Å²) < 4.78 is 51.7. The fourth-order valence-corrected chi connectivity index (χ4v) is 3.27. The summed E-state index contributed by atoms with van der Waals surface area (Å²) in [6.45, 7) is 0.297. The molecule has 0 saturated carbocycles. The summed E-state index contributed by atoms with van der Waals surface area (Å²) in [5.41, 5.74) is 1.86. The lowest BCUT2D eigenvalue weighted by molar-refractivity contribution is -0.137. The van der Waals surface area contributed by atoms with Gasteiger partial charge in [-0.2, -0.15) is 13.2 Å². The predicted octanol–water partition coefficient (Wildman–Crippen LogP) is 5.93. The maximum absolute atomic E-state index is 13.5. The molecule has 0 N–H and O–H groups in total. The summed E-state index contributed by atoms with van der Waals surface area (Å²) in [4.78, 5) is 10.9. The van der Waals surface area contributed by atoms with Crippen molar-refractivity contribution < 1.29 is 27.4 Å². The molecule has 0 spiro atoms. The van der Waals surface area contributed by atoms with Crippen LogP contribution < -0.4 is 9.47 Å². The summed E-state index contributed by atoms with van der Waals surface area (Å²) >= 11 is 0. The Morgan fingerprint density at radius 2 is 1.80 bits per heavy atom. The van der Waals surface area contributed by atoms with Gasteiger partial charge in [0.05, 0.1) is 5.56 Å². The van der Waals surface area contributed by atoms with E-state index in [0.717, 1.165) is 17.9 Å². The van der Waals surface area contributed by atoms with Gasteiger partial charge >= 0.3 is 6.18 Å². The Hall–Kier alpha value is -3.54. The van der Waals surface area contributed by atoms with Crippen LogP contribution in [0.2, 0.25) is 0 Å². The molecule has 1 heterocycles. The molecule has 152 valence electrons. The normalized spacial score (nSPS) is 13.1. The number of halogens is 3. The van der Waals surface area contributed by atoms with Gasteiger partial charge in [-0.25, -0.2) is 0 Å². The van der Waals surface area contributed by atoms with Crippen molar-refractivity contribution in [3.05, 3.63) is 89.0 Å². The van der Waals surface area contributed by atoms with E-state index in [1.54, 1.807) is 54.6 Å². The molecule has 30 heavy (non-hydrogen) atoms. The van der Waals surface area contributed by atoms with Gasteiger partial charge in [0.15, 0.2) is 0 Å². The largest absolute Gasteiger partial charge is 0.489 e. The molecule has 0 saturated heterocycles. The van der Waals surface area contributed by atoms with Crippen molar-refractivity contribution in [2.45, 2.75) is 12.8 Å². The number of alkyl halides is 3. The van der Waals surface area contributed by atoms with E-state index in [0.29, 0.717) is 28.2 Å². The number of carbonyl (C=O) groups excluding carboxylic acids is 1. The lowest BCUT2D eigenvalue weighted by atomic mass is 9.97. The number of hydrogen-bond donors (Lipinski definition) is 0. The zero-order chi connectivity index (χ0) is 21.1. The van der Waals surface area contributed by atoms with E-state index in [-0.39, 0.29) is 18.8 Å². The van der Waals surface area contributed by atoms with E-state index in [4.69, 9.17) is 9.47 Å². The molecule has 1 aliphatic heterocycles. The molecule has 0 fully saturated rings. The topological polar surface area (TPSA) is 35.5 Å². The Morgan fingerprint density at radius 1 is 1.00 bits per heavy atom. The third-order valence-corrected chi connectivity index (χ3v) is 4.75. The van der Waals surface area contributed by atoms with E-state index in [1.807, 2.05) is 0 Å². The quantitative estimate of drug-likeness (QED) is 0.490. The SMILES string of the molecule is O=CC1=Cc2ccc(OCc3ccc(C(F)(F)F)c(-c4ccccc4)c3)cc2OC1. The third-order valence-electron chi connectivity index (χ3n) is 4.75. The van der Waals surface area contributed by atoms with Crippen molar-refractivity contribution in [2.24, 2.45) is 0 Å². The van der Waals surface area contributed by atoms with Crippen LogP contribution in [-0.2, 0) is 17.6 Å². The average Bonchev–Trinajstić information content (AvgIpc) is 2.77. The number of aldehydes is 1. The van der Waals surface area contributed by atoms with E-state index in [9.17, 15) is 18.0 Å². The van der Waals surface area contributed by atoms with Gasteiger partial charge in [0.25, 0.3) is 0 Å². The highest BCUT2D eigenvalue weighted by atomic mass is 19.4. The minimum Gasteiger partial charge on any atom is -0.489 e. The monoisotopic (exact) mass is 410 g/mol. The molecule has 3 aromatic carbocycles. The molecule has 3 aromatic rings. The maximum atomic E-state index is 13.5. The van der Waals surface area contributed by atoms with E-state index in [2.05, 4.69) is 0 Å². The van der Waals surface area contributed by atoms with Crippen LogP contribution in [0.3, 0.4) is 0 Å². The molecule has 0 radical (unpaired) electrons. The van der Waals surface area contributed by atoms with Gasteiger partial charge in [-0.1, -0.05) is 36.4 Å². The molecule has 1 aliphatic rings. The molecule has 3 nitrogen and oxygen atoms in total. The predicted molar refractivity (Wildman–Crippen MR) is 107 cm³/mol. The number of benzene rings is 3. The molecule has 6 heteroatoms. The van der Waals surface area contributed by atoms with Crippen LogP contribution in [0, 0.1) is 0 Å². The Kier molecular flexibility index (Phi) is 5.31. The average molecular weight is 410 g/mol. The van der Waals surface area contributed by atoms with Crippen LogP contribution in [0.15, 0.2) is 72.3 Å². The number of fused-ring (bicyclic) bond motifs is 1. The highest BCUT2D eigenvalue weighted by molar-refractivity contribution is 5.84. The van der Waals surface area contributed by atoms with Gasteiger partial charge in [0.2, 0.25) is 0 Å². The van der Waals surface area contributed by atoms with Crippen molar-refractivity contribution in [1.82, 2.24) is 0 Å². The van der Waals surface area contributed by atoms with Crippen LogP contribution in [-0.4, -0.2) is 12.9 Å². The van der Waals surface area contributed by atoms with Crippen LogP contribution in [0.5, 0.6) is 11.5 Å². The Balaban J connectivity index is 1.57. The van der Waals surface area contributed by atoms with Crippen molar-refractivity contribution in [3.8, 4) is 22.6 Å². The van der Waals surface area contributed by atoms with Crippen molar-refractivity contribution in [1.29, 1.82) is 0 Å². The molecule has 0 bridgehead atoms. The van der Waals surface area contributed by atoms with E-state index < -0.39 is 11.7 Å². The Labute approximate surface area is 171 Å². The van der Waals surface area contributed by atoms with Crippen molar-refractivity contribution in [3.63, 3.8) is 0 Å². The smallest absolute Gasteiger partial charge is 0.417 e. The molecule has 0 amide bonds. The summed E-state index contributed by atoms with van der Waals surface area (Å²) in [5, 5.41) is 0. The molecule has 0 atom stereocenters. The van der Waals surface area contributed by atoms with E-state index >= 15 is 0 Å². The number of carbonyl (C=O) groups is 1. The highest BCUT2D eigenvalue weighted by Crippen LogP contribution is 2.38. The summed E-state index contributed by atoms with van der Waals surface area (Å²) in [6, 6.07) is 17.7. The lowest BCUT2D eigenvalue weighted by Gasteiger charge is -2.17. The van der Waals surface area contributed by atoms with Gasteiger partial charge < -0.3 is 9.47 Å². The molecular formula is C24H17F3O3. The van der Waals surface area contributed by atoms with E-state index in [1.165, 1.54) is 12.1 Å². The number of hydrogen-bond acceptors (Lipinski definition) is 3.